The zero-order valence-corrected chi connectivity index (χ0v) is 14.9. The van der Waals surface area contributed by atoms with Crippen molar-refractivity contribution in [1.29, 1.82) is 5.26 Å². The molecule has 2 saturated heterocycles. The van der Waals surface area contributed by atoms with Crippen molar-refractivity contribution >= 4 is 16.1 Å². The molecule has 0 atom stereocenters. The van der Waals surface area contributed by atoms with Gasteiger partial charge in [0.15, 0.2) is 0 Å². The fourth-order valence-electron chi connectivity index (χ4n) is 3.26. The third kappa shape index (κ3) is 3.78. The van der Waals surface area contributed by atoms with Gasteiger partial charge in [-0.3, -0.25) is 0 Å². The number of carbonyl (C=O) groups excluding carboxylic acids is 1. The van der Waals surface area contributed by atoms with Crippen LogP contribution in [0.4, 0.5) is 4.79 Å². The van der Waals surface area contributed by atoms with Crippen LogP contribution in [0, 0.1) is 11.3 Å². The molecule has 0 unspecified atom stereocenters. The average Bonchev–Trinajstić information content (AvgIpc) is 2.68. The van der Waals surface area contributed by atoms with Crippen LogP contribution in [0.2, 0.25) is 0 Å². The molecular formula is C17H22N4O3S. The molecule has 0 radical (unpaired) electrons. The number of rotatable bonds is 2. The second-order valence-corrected chi connectivity index (χ2v) is 8.30. The highest BCUT2D eigenvalue weighted by atomic mass is 32.2. The molecular weight excluding hydrogens is 340 g/mol. The summed E-state index contributed by atoms with van der Waals surface area (Å²) in [6, 6.07) is 7.92. The number of sulfonamides is 1. The molecule has 2 heterocycles. The molecule has 2 fully saturated rings. The van der Waals surface area contributed by atoms with Crippen molar-refractivity contribution in [1.82, 2.24) is 14.1 Å². The lowest BCUT2D eigenvalue weighted by molar-refractivity contribution is 0.126. The molecule has 0 saturated carbocycles. The Balaban J connectivity index is 1.62. The number of benzene rings is 1. The van der Waals surface area contributed by atoms with E-state index in [0.29, 0.717) is 31.7 Å². The Labute approximate surface area is 148 Å². The van der Waals surface area contributed by atoms with Crippen LogP contribution in [0.3, 0.4) is 0 Å². The van der Waals surface area contributed by atoms with Gasteiger partial charge in [0.1, 0.15) is 0 Å². The van der Waals surface area contributed by atoms with Gasteiger partial charge in [0, 0.05) is 39.3 Å². The monoisotopic (exact) mass is 362 g/mol. The van der Waals surface area contributed by atoms with Crippen molar-refractivity contribution < 1.29 is 13.2 Å². The van der Waals surface area contributed by atoms with Crippen molar-refractivity contribution in [2.75, 3.05) is 39.3 Å². The smallest absolute Gasteiger partial charge is 0.320 e. The molecule has 2 aliphatic heterocycles. The van der Waals surface area contributed by atoms with E-state index in [0.717, 1.165) is 25.9 Å². The van der Waals surface area contributed by atoms with E-state index in [1.165, 1.54) is 35.0 Å². The molecule has 0 aromatic heterocycles. The summed E-state index contributed by atoms with van der Waals surface area (Å²) in [5.74, 6) is 0. The minimum absolute atomic E-state index is 0.0233. The predicted octanol–water partition coefficient (Wildman–Crippen LogP) is 1.47. The number of likely N-dealkylation sites (tertiary alicyclic amines) is 1. The van der Waals surface area contributed by atoms with Crippen molar-refractivity contribution in [2.24, 2.45) is 0 Å². The quantitative estimate of drug-likeness (QED) is 0.797. The maximum Gasteiger partial charge on any atom is 0.320 e. The van der Waals surface area contributed by atoms with Crippen LogP contribution in [0.5, 0.6) is 0 Å². The van der Waals surface area contributed by atoms with Gasteiger partial charge in [0.05, 0.1) is 16.5 Å². The van der Waals surface area contributed by atoms with Crippen LogP contribution < -0.4 is 0 Å². The first kappa shape index (κ1) is 17.7. The summed E-state index contributed by atoms with van der Waals surface area (Å²) in [6.45, 7) is 2.99. The fourth-order valence-corrected chi connectivity index (χ4v) is 4.68. The second kappa shape index (κ2) is 7.42. The van der Waals surface area contributed by atoms with Crippen molar-refractivity contribution in [2.45, 2.75) is 24.2 Å². The van der Waals surface area contributed by atoms with Gasteiger partial charge >= 0.3 is 6.03 Å². The summed E-state index contributed by atoms with van der Waals surface area (Å²) in [6.07, 6.45) is 3.25. The topological polar surface area (TPSA) is 84.7 Å². The van der Waals surface area contributed by atoms with Crippen LogP contribution in [-0.2, 0) is 10.0 Å². The van der Waals surface area contributed by atoms with Gasteiger partial charge in [0.25, 0.3) is 0 Å². The molecule has 7 nitrogen and oxygen atoms in total. The lowest BCUT2D eigenvalue weighted by Gasteiger charge is -2.38. The SMILES string of the molecule is N#Cc1ccc(S(=O)(=O)N2CCN(C(=O)N3CCCCC3)CC2)cc1. The van der Waals surface area contributed by atoms with E-state index in [4.69, 9.17) is 5.26 Å². The predicted molar refractivity (Wildman–Crippen MR) is 92.3 cm³/mol. The standard InChI is InChI=1S/C17H22N4O3S/c18-14-15-4-6-16(7-5-15)25(23,24)21-12-10-20(11-13-21)17(22)19-8-2-1-3-9-19/h4-7H,1-3,8-13H2. The minimum atomic E-state index is -3.59. The van der Waals surface area contributed by atoms with Crippen LogP contribution in [0.25, 0.3) is 0 Å². The number of hydrogen-bond acceptors (Lipinski definition) is 4. The molecule has 0 aliphatic carbocycles. The third-order valence-electron chi connectivity index (χ3n) is 4.76. The Bertz CT molecular complexity index is 756. The number of amides is 2. The first-order chi connectivity index (χ1) is 12.0. The number of urea groups is 1. The van der Waals surface area contributed by atoms with Gasteiger partial charge in [-0.05, 0) is 43.5 Å². The highest BCUT2D eigenvalue weighted by molar-refractivity contribution is 7.89. The molecule has 8 heteroatoms. The molecule has 1 aromatic carbocycles. The Morgan fingerprint density at radius 2 is 1.44 bits per heavy atom. The Morgan fingerprint density at radius 3 is 2.00 bits per heavy atom. The van der Waals surface area contributed by atoms with E-state index >= 15 is 0 Å². The summed E-state index contributed by atoms with van der Waals surface area (Å²) in [5.41, 5.74) is 0.427. The number of piperidine rings is 1. The summed E-state index contributed by atoms with van der Waals surface area (Å²) < 4.78 is 26.8. The Morgan fingerprint density at radius 1 is 0.880 bits per heavy atom. The van der Waals surface area contributed by atoms with Gasteiger partial charge in [-0.15, -0.1) is 0 Å². The molecule has 1 aromatic rings. The van der Waals surface area contributed by atoms with Crippen LogP contribution in [-0.4, -0.2) is 67.8 Å². The number of nitrogens with zero attached hydrogens (tertiary/aromatic N) is 4. The molecule has 2 aliphatic rings. The largest absolute Gasteiger partial charge is 0.325 e. The maximum absolute atomic E-state index is 12.7. The molecule has 2 amide bonds. The molecule has 134 valence electrons. The first-order valence-corrected chi connectivity index (χ1v) is 10.0. The third-order valence-corrected chi connectivity index (χ3v) is 6.67. The minimum Gasteiger partial charge on any atom is -0.325 e. The number of piperazine rings is 1. The average molecular weight is 362 g/mol. The zero-order chi connectivity index (χ0) is 17.9. The van der Waals surface area contributed by atoms with Crippen molar-refractivity contribution in [3.05, 3.63) is 29.8 Å². The van der Waals surface area contributed by atoms with Gasteiger partial charge in [0.2, 0.25) is 10.0 Å². The Kier molecular flexibility index (Phi) is 5.25. The number of nitriles is 1. The van der Waals surface area contributed by atoms with Crippen molar-refractivity contribution in [3.63, 3.8) is 0 Å². The lowest BCUT2D eigenvalue weighted by Crippen LogP contribution is -2.54. The van der Waals surface area contributed by atoms with Gasteiger partial charge in [-0.2, -0.15) is 9.57 Å². The van der Waals surface area contributed by atoms with E-state index in [1.807, 2.05) is 11.0 Å². The van der Waals surface area contributed by atoms with E-state index in [1.54, 1.807) is 4.90 Å². The first-order valence-electron chi connectivity index (χ1n) is 8.56. The summed E-state index contributed by atoms with van der Waals surface area (Å²) in [5, 5.41) is 8.82. The fraction of sp³-hybridized carbons (Fsp3) is 0.529. The van der Waals surface area contributed by atoms with E-state index in [9.17, 15) is 13.2 Å². The molecule has 0 bridgehead atoms. The van der Waals surface area contributed by atoms with Crippen molar-refractivity contribution in [3.8, 4) is 6.07 Å². The van der Waals surface area contributed by atoms with Crippen LogP contribution >= 0.6 is 0 Å². The Hall–Kier alpha value is -2.11. The van der Waals surface area contributed by atoms with Gasteiger partial charge in [-0.1, -0.05) is 0 Å². The van der Waals surface area contributed by atoms with Gasteiger partial charge < -0.3 is 9.80 Å². The normalized spacial score (nSPS) is 19.5. The van der Waals surface area contributed by atoms with Crippen LogP contribution in [0.15, 0.2) is 29.2 Å². The lowest BCUT2D eigenvalue weighted by atomic mass is 10.1. The molecule has 0 N–H and O–H groups in total. The summed E-state index contributed by atoms with van der Waals surface area (Å²) in [4.78, 5) is 16.3. The molecule has 0 spiro atoms. The number of carbonyl (C=O) groups is 1. The molecule has 3 rings (SSSR count). The summed E-state index contributed by atoms with van der Waals surface area (Å²) >= 11 is 0. The highest BCUT2D eigenvalue weighted by Crippen LogP contribution is 2.19. The summed E-state index contributed by atoms with van der Waals surface area (Å²) in [7, 11) is -3.59. The number of hydrogen-bond donors (Lipinski definition) is 0. The zero-order valence-electron chi connectivity index (χ0n) is 14.1. The maximum atomic E-state index is 12.7. The van der Waals surface area contributed by atoms with E-state index < -0.39 is 10.0 Å². The van der Waals surface area contributed by atoms with E-state index in [-0.39, 0.29) is 10.9 Å². The van der Waals surface area contributed by atoms with Crippen LogP contribution in [0.1, 0.15) is 24.8 Å². The molecule has 25 heavy (non-hydrogen) atoms. The van der Waals surface area contributed by atoms with Gasteiger partial charge in [-0.25, -0.2) is 13.2 Å². The van der Waals surface area contributed by atoms with E-state index in [2.05, 4.69) is 0 Å². The second-order valence-electron chi connectivity index (χ2n) is 6.36. The highest BCUT2D eigenvalue weighted by Gasteiger charge is 2.31.